The maximum Gasteiger partial charge on any atom is 0.272 e. The maximum atomic E-state index is 12.5. The average Bonchev–Trinajstić information content (AvgIpc) is 2.89. The van der Waals surface area contributed by atoms with E-state index in [9.17, 15) is 4.79 Å². The molecule has 2 rings (SSSR count). The van der Waals surface area contributed by atoms with Crippen LogP contribution in [-0.4, -0.2) is 48.1 Å². The van der Waals surface area contributed by atoms with Crippen molar-refractivity contribution in [2.45, 2.75) is 52.7 Å². The molecule has 128 valence electrons. The summed E-state index contributed by atoms with van der Waals surface area (Å²) in [6, 6.07) is -0.150. The number of carbonyl (C=O) groups is 1. The van der Waals surface area contributed by atoms with Crippen molar-refractivity contribution in [3.8, 4) is 0 Å². The molecule has 1 fully saturated rings. The number of hydrogen-bond acceptors (Lipinski definition) is 4. The fraction of sp³-hybridized carbons (Fsp3) is 0.647. The van der Waals surface area contributed by atoms with Crippen LogP contribution in [0.1, 0.15) is 48.9 Å². The molecule has 6 nitrogen and oxygen atoms in total. The van der Waals surface area contributed by atoms with E-state index >= 15 is 0 Å². The Morgan fingerprint density at radius 2 is 2.30 bits per heavy atom. The molecule has 0 unspecified atom stereocenters. The lowest BCUT2D eigenvalue weighted by Crippen LogP contribution is -2.50. The molecule has 0 aromatic carbocycles. The third-order valence-corrected chi connectivity index (χ3v) is 4.09. The topological polar surface area (TPSA) is 76.2 Å². The largest absolute Gasteiger partial charge is 0.379 e. The molecule has 0 aliphatic carbocycles. The van der Waals surface area contributed by atoms with Gasteiger partial charge in [0.2, 0.25) is 0 Å². The molecule has 1 aromatic heterocycles. The van der Waals surface area contributed by atoms with Gasteiger partial charge in [-0.25, -0.2) is 0 Å². The van der Waals surface area contributed by atoms with Gasteiger partial charge in [0.05, 0.1) is 25.4 Å². The zero-order valence-corrected chi connectivity index (χ0v) is 14.4. The predicted octanol–water partition coefficient (Wildman–Crippen LogP) is 2.15. The molecule has 1 aliphatic heterocycles. The van der Waals surface area contributed by atoms with Crippen molar-refractivity contribution >= 4 is 5.91 Å². The minimum absolute atomic E-state index is 0.0341. The van der Waals surface area contributed by atoms with E-state index in [4.69, 9.17) is 9.47 Å². The molecule has 0 saturated carbocycles. The fourth-order valence-corrected chi connectivity index (χ4v) is 2.63. The van der Waals surface area contributed by atoms with E-state index in [1.165, 1.54) is 5.57 Å². The van der Waals surface area contributed by atoms with Gasteiger partial charge in [-0.1, -0.05) is 18.6 Å². The summed E-state index contributed by atoms with van der Waals surface area (Å²) < 4.78 is 11.4. The molecule has 1 aliphatic rings. The van der Waals surface area contributed by atoms with E-state index in [2.05, 4.69) is 15.5 Å². The fourth-order valence-electron chi connectivity index (χ4n) is 2.63. The molecule has 2 atom stereocenters. The number of nitrogens with zero attached hydrogens (tertiary/aromatic N) is 1. The number of carbonyl (C=O) groups excluding carboxylic acids is 1. The van der Waals surface area contributed by atoms with E-state index in [-0.39, 0.29) is 18.1 Å². The average molecular weight is 321 g/mol. The molecular formula is C17H27N3O3. The maximum absolute atomic E-state index is 12.5. The van der Waals surface area contributed by atoms with Crippen molar-refractivity contribution in [1.82, 2.24) is 15.5 Å². The van der Waals surface area contributed by atoms with Crippen molar-refractivity contribution < 1.29 is 14.3 Å². The molecule has 0 bridgehead atoms. The lowest BCUT2D eigenvalue weighted by atomic mass is 10.1. The quantitative estimate of drug-likeness (QED) is 0.787. The summed E-state index contributed by atoms with van der Waals surface area (Å²) in [4.78, 5) is 12.5. The number of aromatic nitrogens is 2. The van der Waals surface area contributed by atoms with E-state index in [0.717, 1.165) is 24.1 Å². The van der Waals surface area contributed by atoms with Crippen LogP contribution in [0, 0.1) is 6.92 Å². The molecule has 23 heavy (non-hydrogen) atoms. The van der Waals surface area contributed by atoms with Crippen LogP contribution >= 0.6 is 0 Å². The number of allylic oxidation sites excluding steroid dienone is 1. The van der Waals surface area contributed by atoms with Gasteiger partial charge in [0.1, 0.15) is 0 Å². The first-order valence-corrected chi connectivity index (χ1v) is 8.20. The van der Waals surface area contributed by atoms with E-state index in [1.54, 1.807) is 0 Å². The van der Waals surface area contributed by atoms with Gasteiger partial charge in [-0.15, -0.1) is 0 Å². The van der Waals surface area contributed by atoms with Gasteiger partial charge in [0.25, 0.3) is 5.91 Å². The van der Waals surface area contributed by atoms with E-state index in [0.29, 0.717) is 25.5 Å². The Balaban J connectivity index is 1.99. The molecule has 0 radical (unpaired) electrons. The Kier molecular flexibility index (Phi) is 6.36. The standard InChI is InChI=1S/C17H27N3O3/c1-5-13-12(4)16(20-19-13)17(21)18-14-10-22-8-7-15(14)23-9-6-11(2)3/h6,14-15H,5,7-10H2,1-4H3,(H,18,21)(H,19,20)/t14-,15+/m1/s1. The monoisotopic (exact) mass is 321 g/mol. The van der Waals surface area contributed by atoms with Gasteiger partial charge >= 0.3 is 0 Å². The minimum Gasteiger partial charge on any atom is -0.379 e. The highest BCUT2D eigenvalue weighted by atomic mass is 16.5. The summed E-state index contributed by atoms with van der Waals surface area (Å²) >= 11 is 0. The smallest absolute Gasteiger partial charge is 0.272 e. The highest BCUT2D eigenvalue weighted by Gasteiger charge is 2.29. The Morgan fingerprint density at radius 3 is 2.96 bits per heavy atom. The van der Waals surface area contributed by atoms with Gasteiger partial charge in [0.15, 0.2) is 5.69 Å². The van der Waals surface area contributed by atoms with Gasteiger partial charge in [-0.2, -0.15) is 5.10 Å². The number of H-pyrrole nitrogens is 1. The molecule has 1 saturated heterocycles. The van der Waals surface area contributed by atoms with Crippen LogP contribution in [0.25, 0.3) is 0 Å². The Hall–Kier alpha value is -1.66. The number of aromatic amines is 1. The number of rotatable bonds is 6. The van der Waals surface area contributed by atoms with E-state index < -0.39 is 0 Å². The summed E-state index contributed by atoms with van der Waals surface area (Å²) in [5, 5.41) is 10.1. The number of aryl methyl sites for hydroxylation is 1. The molecule has 1 amide bonds. The second-order valence-electron chi connectivity index (χ2n) is 6.13. The number of hydrogen-bond donors (Lipinski definition) is 2. The van der Waals surface area contributed by atoms with Crippen LogP contribution in [0.15, 0.2) is 11.6 Å². The first-order chi connectivity index (χ1) is 11.0. The normalized spacial score (nSPS) is 21.0. The lowest BCUT2D eigenvalue weighted by Gasteiger charge is -2.31. The number of nitrogens with one attached hydrogen (secondary N) is 2. The summed E-state index contributed by atoms with van der Waals surface area (Å²) in [5.41, 5.74) is 3.57. The first-order valence-electron chi connectivity index (χ1n) is 8.20. The second kappa shape index (κ2) is 8.26. The number of ether oxygens (including phenoxy) is 2. The molecule has 2 N–H and O–H groups in total. The highest BCUT2D eigenvalue weighted by Crippen LogP contribution is 2.15. The number of amides is 1. The van der Waals surface area contributed by atoms with Crippen molar-refractivity contribution in [3.63, 3.8) is 0 Å². The van der Waals surface area contributed by atoms with Crippen molar-refractivity contribution in [3.05, 3.63) is 28.6 Å². The second-order valence-corrected chi connectivity index (χ2v) is 6.13. The van der Waals surface area contributed by atoms with Gasteiger partial charge in [0, 0.05) is 17.9 Å². The third kappa shape index (κ3) is 4.65. The van der Waals surface area contributed by atoms with Crippen LogP contribution in [0.2, 0.25) is 0 Å². The minimum atomic E-state index is -0.176. The van der Waals surface area contributed by atoms with Gasteiger partial charge in [-0.3, -0.25) is 9.89 Å². The van der Waals surface area contributed by atoms with Crippen LogP contribution < -0.4 is 5.32 Å². The van der Waals surface area contributed by atoms with E-state index in [1.807, 2.05) is 33.8 Å². The summed E-state index contributed by atoms with van der Waals surface area (Å²) in [5.74, 6) is -0.176. The summed E-state index contributed by atoms with van der Waals surface area (Å²) in [6.07, 6.45) is 3.61. The van der Waals surface area contributed by atoms with Crippen molar-refractivity contribution in [1.29, 1.82) is 0 Å². The van der Waals surface area contributed by atoms with Crippen molar-refractivity contribution in [2.24, 2.45) is 0 Å². The van der Waals surface area contributed by atoms with Crippen LogP contribution in [0.5, 0.6) is 0 Å². The van der Waals surface area contributed by atoms with Crippen LogP contribution in [0.3, 0.4) is 0 Å². The zero-order valence-electron chi connectivity index (χ0n) is 14.4. The van der Waals surface area contributed by atoms with Gasteiger partial charge in [-0.05, 0) is 33.6 Å². The molecule has 0 spiro atoms. The van der Waals surface area contributed by atoms with Crippen LogP contribution in [0.4, 0.5) is 0 Å². The molecular weight excluding hydrogens is 294 g/mol. The van der Waals surface area contributed by atoms with Crippen molar-refractivity contribution in [2.75, 3.05) is 19.8 Å². The molecule has 6 heteroatoms. The van der Waals surface area contributed by atoms with Gasteiger partial charge < -0.3 is 14.8 Å². The third-order valence-electron chi connectivity index (χ3n) is 4.09. The highest BCUT2D eigenvalue weighted by molar-refractivity contribution is 5.94. The SMILES string of the molecule is CCc1[nH]nc(C(=O)N[C@@H]2COCC[C@@H]2OCC=C(C)C)c1C. The Labute approximate surface area is 137 Å². The zero-order chi connectivity index (χ0) is 16.8. The first kappa shape index (κ1) is 17.7. The summed E-state index contributed by atoms with van der Waals surface area (Å²) in [6.45, 7) is 9.71. The van der Waals surface area contributed by atoms with Crippen LogP contribution in [-0.2, 0) is 15.9 Å². The molecule has 2 heterocycles. The Bertz CT molecular complexity index is 561. The predicted molar refractivity (Wildman–Crippen MR) is 88.6 cm³/mol. The lowest BCUT2D eigenvalue weighted by molar-refractivity contribution is -0.0457. The molecule has 1 aromatic rings. The Morgan fingerprint density at radius 1 is 1.52 bits per heavy atom. The summed E-state index contributed by atoms with van der Waals surface area (Å²) in [7, 11) is 0.